The van der Waals surface area contributed by atoms with Crippen molar-refractivity contribution in [1.29, 1.82) is 0 Å². The van der Waals surface area contributed by atoms with Gasteiger partial charge in [0.15, 0.2) is 0 Å². The van der Waals surface area contributed by atoms with Crippen molar-refractivity contribution in [3.8, 4) is 11.4 Å². The van der Waals surface area contributed by atoms with Crippen LogP contribution in [0.4, 0.5) is 0 Å². The minimum atomic E-state index is 0.195. The standard InChI is InChI=1S/C17H22N4O2/c1-2-14-5-3-4-12-21(14)16(22)7-6-15-19-17(20-23-15)13-8-10-18-11-9-13/h8-11,14H,2-7,12H2,1H3. The number of hydrogen-bond donors (Lipinski definition) is 0. The Balaban J connectivity index is 1.58. The second-order valence-corrected chi connectivity index (χ2v) is 5.89. The summed E-state index contributed by atoms with van der Waals surface area (Å²) in [5.41, 5.74) is 0.864. The number of piperidine rings is 1. The van der Waals surface area contributed by atoms with Gasteiger partial charge in [-0.15, -0.1) is 0 Å². The number of aromatic nitrogens is 3. The topological polar surface area (TPSA) is 72.1 Å². The van der Waals surface area contributed by atoms with Crippen molar-refractivity contribution < 1.29 is 9.32 Å². The number of rotatable bonds is 5. The first-order chi connectivity index (χ1) is 11.3. The van der Waals surface area contributed by atoms with Gasteiger partial charge in [-0.25, -0.2) is 0 Å². The molecule has 23 heavy (non-hydrogen) atoms. The van der Waals surface area contributed by atoms with E-state index in [1.165, 1.54) is 6.42 Å². The van der Waals surface area contributed by atoms with Crippen LogP contribution in [-0.2, 0) is 11.2 Å². The Morgan fingerprint density at radius 1 is 1.35 bits per heavy atom. The lowest BCUT2D eigenvalue weighted by molar-refractivity contribution is -0.135. The zero-order chi connectivity index (χ0) is 16.1. The van der Waals surface area contributed by atoms with Crippen LogP contribution in [0.1, 0.15) is 44.9 Å². The number of hydrogen-bond acceptors (Lipinski definition) is 5. The van der Waals surface area contributed by atoms with E-state index in [9.17, 15) is 4.79 Å². The first-order valence-electron chi connectivity index (χ1n) is 8.30. The summed E-state index contributed by atoms with van der Waals surface area (Å²) in [5, 5.41) is 3.97. The number of amides is 1. The van der Waals surface area contributed by atoms with Crippen LogP contribution in [0.15, 0.2) is 29.0 Å². The molecule has 1 fully saturated rings. The minimum absolute atomic E-state index is 0.195. The lowest BCUT2D eigenvalue weighted by Crippen LogP contribution is -2.43. The van der Waals surface area contributed by atoms with Gasteiger partial charge >= 0.3 is 0 Å². The molecular formula is C17H22N4O2. The molecule has 2 aromatic rings. The van der Waals surface area contributed by atoms with Crippen molar-refractivity contribution >= 4 is 5.91 Å². The van der Waals surface area contributed by atoms with E-state index in [2.05, 4.69) is 22.0 Å². The molecule has 6 nitrogen and oxygen atoms in total. The average molecular weight is 314 g/mol. The van der Waals surface area contributed by atoms with Gasteiger partial charge in [0.1, 0.15) is 0 Å². The van der Waals surface area contributed by atoms with Gasteiger partial charge in [0, 0.05) is 43.4 Å². The van der Waals surface area contributed by atoms with Crippen LogP contribution in [0.25, 0.3) is 11.4 Å². The Bertz CT molecular complexity index is 641. The minimum Gasteiger partial charge on any atom is -0.340 e. The molecule has 6 heteroatoms. The highest BCUT2D eigenvalue weighted by atomic mass is 16.5. The summed E-state index contributed by atoms with van der Waals surface area (Å²) >= 11 is 0. The van der Waals surface area contributed by atoms with Crippen LogP contribution < -0.4 is 0 Å². The van der Waals surface area contributed by atoms with Gasteiger partial charge in [-0.3, -0.25) is 9.78 Å². The first kappa shape index (κ1) is 15.6. The summed E-state index contributed by atoms with van der Waals surface area (Å²) in [6.07, 6.45) is 8.77. The third-order valence-corrected chi connectivity index (χ3v) is 4.38. The quantitative estimate of drug-likeness (QED) is 0.848. The van der Waals surface area contributed by atoms with Gasteiger partial charge in [-0.2, -0.15) is 4.98 Å². The summed E-state index contributed by atoms with van der Waals surface area (Å²) < 4.78 is 5.26. The number of pyridine rings is 1. The zero-order valence-corrected chi connectivity index (χ0v) is 13.4. The Hall–Kier alpha value is -2.24. The Kier molecular flexibility index (Phi) is 5.00. The van der Waals surface area contributed by atoms with Gasteiger partial charge < -0.3 is 9.42 Å². The second kappa shape index (κ2) is 7.35. The molecule has 0 saturated carbocycles. The van der Waals surface area contributed by atoms with E-state index in [0.29, 0.717) is 30.6 Å². The molecule has 1 aliphatic heterocycles. The number of carbonyl (C=O) groups excluding carboxylic acids is 1. The smallest absolute Gasteiger partial charge is 0.227 e. The predicted octanol–water partition coefficient (Wildman–Crippen LogP) is 2.86. The lowest BCUT2D eigenvalue weighted by Gasteiger charge is -2.35. The van der Waals surface area contributed by atoms with Crippen LogP contribution in [0.3, 0.4) is 0 Å². The fourth-order valence-corrected chi connectivity index (χ4v) is 3.09. The van der Waals surface area contributed by atoms with E-state index in [1.54, 1.807) is 12.4 Å². The molecule has 3 rings (SSSR count). The van der Waals surface area contributed by atoms with Crippen molar-refractivity contribution in [1.82, 2.24) is 20.0 Å². The van der Waals surface area contributed by atoms with Crippen LogP contribution in [0.2, 0.25) is 0 Å². The van der Waals surface area contributed by atoms with Crippen molar-refractivity contribution in [2.24, 2.45) is 0 Å². The zero-order valence-electron chi connectivity index (χ0n) is 13.4. The van der Waals surface area contributed by atoms with E-state index >= 15 is 0 Å². The first-order valence-corrected chi connectivity index (χ1v) is 8.30. The monoisotopic (exact) mass is 314 g/mol. The van der Waals surface area contributed by atoms with Crippen LogP contribution in [0, 0.1) is 0 Å². The van der Waals surface area contributed by atoms with Crippen molar-refractivity contribution in [3.05, 3.63) is 30.4 Å². The number of aryl methyl sites for hydroxylation is 1. The molecule has 0 radical (unpaired) electrons. The molecule has 0 spiro atoms. The highest BCUT2D eigenvalue weighted by Gasteiger charge is 2.25. The summed E-state index contributed by atoms with van der Waals surface area (Å²) in [6.45, 7) is 3.03. The molecule has 3 heterocycles. The Morgan fingerprint density at radius 2 is 2.17 bits per heavy atom. The van der Waals surface area contributed by atoms with E-state index in [4.69, 9.17) is 4.52 Å². The lowest BCUT2D eigenvalue weighted by atomic mass is 9.99. The number of nitrogens with zero attached hydrogens (tertiary/aromatic N) is 4. The molecule has 1 saturated heterocycles. The molecule has 0 aliphatic carbocycles. The molecule has 0 bridgehead atoms. The van der Waals surface area contributed by atoms with Gasteiger partial charge in [0.25, 0.3) is 0 Å². The second-order valence-electron chi connectivity index (χ2n) is 5.89. The molecule has 1 unspecified atom stereocenters. The van der Waals surface area contributed by atoms with Crippen LogP contribution in [0.5, 0.6) is 0 Å². The summed E-state index contributed by atoms with van der Waals surface area (Å²) in [5.74, 6) is 1.25. The Morgan fingerprint density at radius 3 is 2.96 bits per heavy atom. The normalized spacial score (nSPS) is 18.1. The van der Waals surface area contributed by atoms with Crippen molar-refractivity contribution in [3.63, 3.8) is 0 Å². The van der Waals surface area contributed by atoms with Gasteiger partial charge in [-0.1, -0.05) is 12.1 Å². The fraction of sp³-hybridized carbons (Fsp3) is 0.529. The van der Waals surface area contributed by atoms with Crippen molar-refractivity contribution in [2.75, 3.05) is 6.54 Å². The third-order valence-electron chi connectivity index (χ3n) is 4.38. The Labute approximate surface area is 135 Å². The summed E-state index contributed by atoms with van der Waals surface area (Å²) in [4.78, 5) is 22.8. The largest absolute Gasteiger partial charge is 0.340 e. The SMILES string of the molecule is CCC1CCCCN1C(=O)CCc1nc(-c2ccncc2)no1. The van der Waals surface area contributed by atoms with Crippen LogP contribution >= 0.6 is 0 Å². The molecule has 1 aliphatic rings. The summed E-state index contributed by atoms with van der Waals surface area (Å²) in [7, 11) is 0. The molecule has 0 N–H and O–H groups in total. The molecule has 1 atom stereocenters. The van der Waals surface area contributed by atoms with Crippen LogP contribution in [-0.4, -0.2) is 38.5 Å². The van der Waals surface area contributed by atoms with Gasteiger partial charge in [-0.05, 0) is 37.8 Å². The number of likely N-dealkylation sites (tertiary alicyclic amines) is 1. The average Bonchev–Trinajstić information content (AvgIpc) is 3.09. The molecular weight excluding hydrogens is 292 g/mol. The van der Waals surface area contributed by atoms with E-state index in [0.717, 1.165) is 31.4 Å². The molecule has 0 aromatic carbocycles. The maximum atomic E-state index is 12.4. The maximum Gasteiger partial charge on any atom is 0.227 e. The molecule has 122 valence electrons. The summed E-state index contributed by atoms with van der Waals surface area (Å²) in [6, 6.07) is 4.06. The van der Waals surface area contributed by atoms with Gasteiger partial charge in [0.05, 0.1) is 0 Å². The predicted molar refractivity (Wildman–Crippen MR) is 85.5 cm³/mol. The fourth-order valence-electron chi connectivity index (χ4n) is 3.09. The van der Waals surface area contributed by atoms with Crippen molar-refractivity contribution in [2.45, 2.75) is 51.5 Å². The van der Waals surface area contributed by atoms with Gasteiger partial charge in [0.2, 0.25) is 17.6 Å². The molecule has 1 amide bonds. The highest BCUT2D eigenvalue weighted by molar-refractivity contribution is 5.76. The third kappa shape index (κ3) is 3.75. The van der Waals surface area contributed by atoms with E-state index in [-0.39, 0.29) is 5.91 Å². The maximum absolute atomic E-state index is 12.4. The number of carbonyl (C=O) groups is 1. The van der Waals surface area contributed by atoms with E-state index in [1.807, 2.05) is 17.0 Å². The van der Waals surface area contributed by atoms with E-state index < -0.39 is 0 Å². The highest BCUT2D eigenvalue weighted by Crippen LogP contribution is 2.21. The molecule has 2 aromatic heterocycles.